The number of carbonyl (C=O) groups excluding carboxylic acids is 2. The number of amides is 1. The number of nitrogens with two attached hydrogens (primary N) is 3. The molecule has 0 aromatic heterocycles. The largest absolute Gasteiger partial charge is 0.465 e. The van der Waals surface area contributed by atoms with Crippen molar-refractivity contribution >= 4 is 28.5 Å². The molecule has 8 heteroatoms. The molecule has 8 nitrogen and oxygen atoms in total. The summed E-state index contributed by atoms with van der Waals surface area (Å²) >= 11 is 0. The van der Waals surface area contributed by atoms with Crippen LogP contribution >= 0.6 is 0 Å². The molecule has 1 aliphatic heterocycles. The van der Waals surface area contributed by atoms with Gasteiger partial charge in [0.15, 0.2) is 5.36 Å². The van der Waals surface area contributed by atoms with E-state index < -0.39 is 5.97 Å². The Balaban J connectivity index is 1.65. The molecule has 7 N–H and O–H groups in total. The molecule has 184 valence electrons. The van der Waals surface area contributed by atoms with Crippen LogP contribution in [0, 0.1) is 0 Å². The Bertz CT molecular complexity index is 1500. The molecule has 0 atom stereocenters. The number of carbonyl (C=O) groups is 2. The number of hydrogen-bond donors (Lipinski definition) is 4. The van der Waals surface area contributed by atoms with Gasteiger partial charge >= 0.3 is 5.97 Å². The van der Waals surface area contributed by atoms with Gasteiger partial charge in [-0.1, -0.05) is 6.07 Å². The van der Waals surface area contributed by atoms with Crippen molar-refractivity contribution in [2.24, 2.45) is 5.73 Å². The highest BCUT2D eigenvalue weighted by Crippen LogP contribution is 2.41. The molecule has 0 radical (unpaired) electrons. The number of esters is 1. The molecule has 2 aliphatic carbocycles. The van der Waals surface area contributed by atoms with Crippen LogP contribution in [0.4, 0.5) is 5.69 Å². The molecule has 0 saturated heterocycles. The average molecular weight is 486 g/mol. The molecule has 1 amide bonds. The fraction of sp³-hybridized carbons (Fsp3) is 0.250. The summed E-state index contributed by atoms with van der Waals surface area (Å²) in [4.78, 5) is 26.0. The number of methoxy groups -OCH3 is 1. The summed E-state index contributed by atoms with van der Waals surface area (Å²) in [6.45, 7) is 0. The van der Waals surface area contributed by atoms with E-state index in [0.29, 0.717) is 33.5 Å². The van der Waals surface area contributed by atoms with Crippen molar-refractivity contribution in [3.05, 3.63) is 71.1 Å². The SMILES string of the molecule is COC(=O)c1cc(C(=O)NC2CCC(N)CC2)ccc1-c1c2ccc(=[NH2+])cc-2oc2cc(N)ccc12. The highest BCUT2D eigenvalue weighted by atomic mass is 16.5. The number of hydrogen-bond acceptors (Lipinski definition) is 6. The lowest BCUT2D eigenvalue weighted by atomic mass is 9.89. The molecule has 1 heterocycles. The molecule has 3 aliphatic rings. The molecule has 2 aromatic rings. The Hall–Kier alpha value is -4.17. The van der Waals surface area contributed by atoms with Crippen LogP contribution in [-0.2, 0) is 4.74 Å². The Labute approximate surface area is 208 Å². The molecule has 0 bridgehead atoms. The van der Waals surface area contributed by atoms with Gasteiger partial charge in [-0.25, -0.2) is 4.79 Å². The maximum atomic E-state index is 13.1. The summed E-state index contributed by atoms with van der Waals surface area (Å²) in [5, 5.41) is 10.4. The first-order valence-electron chi connectivity index (χ1n) is 12.0. The minimum atomic E-state index is -0.545. The quantitative estimate of drug-likeness (QED) is 0.198. The van der Waals surface area contributed by atoms with Crippen LogP contribution in [0.2, 0.25) is 0 Å². The second-order valence-corrected chi connectivity index (χ2v) is 9.33. The van der Waals surface area contributed by atoms with E-state index in [1.807, 2.05) is 12.1 Å². The Kier molecular flexibility index (Phi) is 6.20. The molecule has 1 fully saturated rings. The molecule has 0 unspecified atom stereocenters. The number of ether oxygens (including phenoxy) is 1. The summed E-state index contributed by atoms with van der Waals surface area (Å²) in [5.74, 6) is -0.224. The van der Waals surface area contributed by atoms with Gasteiger partial charge in [0.25, 0.3) is 5.91 Å². The summed E-state index contributed by atoms with van der Waals surface area (Å²) in [6.07, 6.45) is 3.44. The molecular formula is C28H29N4O4+. The van der Waals surface area contributed by atoms with Crippen molar-refractivity contribution in [2.75, 3.05) is 12.8 Å². The van der Waals surface area contributed by atoms with Crippen LogP contribution in [-0.4, -0.2) is 31.1 Å². The number of benzene rings is 3. The monoisotopic (exact) mass is 485 g/mol. The second kappa shape index (κ2) is 9.47. The topological polar surface area (TPSA) is 146 Å². The number of anilines is 1. The lowest BCUT2D eigenvalue weighted by molar-refractivity contribution is -0.172. The average Bonchev–Trinajstić information content (AvgIpc) is 2.87. The van der Waals surface area contributed by atoms with E-state index in [0.717, 1.165) is 42.2 Å². The van der Waals surface area contributed by atoms with Gasteiger partial charge < -0.3 is 25.9 Å². The van der Waals surface area contributed by atoms with Gasteiger partial charge in [-0.15, -0.1) is 0 Å². The molecule has 1 saturated carbocycles. The first kappa shape index (κ1) is 23.6. The number of fused-ring (bicyclic) bond motifs is 2. The fourth-order valence-corrected chi connectivity index (χ4v) is 4.93. The summed E-state index contributed by atoms with van der Waals surface area (Å²) < 4.78 is 11.2. The van der Waals surface area contributed by atoms with Gasteiger partial charge in [-0.05, 0) is 61.6 Å². The highest BCUT2D eigenvalue weighted by Gasteiger charge is 2.25. The zero-order chi connectivity index (χ0) is 25.4. The second-order valence-electron chi connectivity index (χ2n) is 9.33. The van der Waals surface area contributed by atoms with Crippen LogP contribution < -0.4 is 27.6 Å². The zero-order valence-corrected chi connectivity index (χ0v) is 20.0. The van der Waals surface area contributed by atoms with Crippen LogP contribution in [0.1, 0.15) is 46.4 Å². The zero-order valence-electron chi connectivity index (χ0n) is 20.0. The molecule has 0 spiro atoms. The molecule has 5 rings (SSSR count). The van der Waals surface area contributed by atoms with Gasteiger partial charge in [0, 0.05) is 52.0 Å². The lowest BCUT2D eigenvalue weighted by Crippen LogP contribution is -2.44. The van der Waals surface area contributed by atoms with Crippen molar-refractivity contribution in [3.8, 4) is 22.5 Å². The van der Waals surface area contributed by atoms with Crippen molar-refractivity contribution in [3.63, 3.8) is 0 Å². The number of nitrogen functional groups attached to an aromatic ring is 1. The van der Waals surface area contributed by atoms with Gasteiger partial charge in [-0.2, -0.15) is 0 Å². The third-order valence-electron chi connectivity index (χ3n) is 6.83. The normalized spacial score (nSPS) is 17.7. The van der Waals surface area contributed by atoms with Crippen LogP contribution in [0.25, 0.3) is 33.4 Å². The Morgan fingerprint density at radius 2 is 1.75 bits per heavy atom. The maximum absolute atomic E-state index is 13.1. The van der Waals surface area contributed by atoms with E-state index in [1.165, 1.54) is 7.11 Å². The highest BCUT2D eigenvalue weighted by molar-refractivity contribution is 6.09. The van der Waals surface area contributed by atoms with Gasteiger partial charge in [0.2, 0.25) is 0 Å². The Morgan fingerprint density at radius 1 is 1.00 bits per heavy atom. The first-order chi connectivity index (χ1) is 17.3. The molecule has 2 aromatic carbocycles. The van der Waals surface area contributed by atoms with E-state index >= 15 is 0 Å². The van der Waals surface area contributed by atoms with Crippen LogP contribution in [0.5, 0.6) is 0 Å². The standard InChI is InChI=1S/C28H28N4O4/c1-35-28(34)23-12-15(27(33)32-19-7-3-16(29)4-8-19)2-9-20(23)26-21-10-5-17(30)13-24(21)36-25-14-18(31)6-11-22(25)26/h2,5-6,9-14,16,19,30H,3-4,7-8,29,31H2,1H3,(H,32,33)/p+1. The van der Waals surface area contributed by atoms with E-state index in [9.17, 15) is 9.59 Å². The lowest BCUT2D eigenvalue weighted by Gasteiger charge is -2.27. The third kappa shape index (κ3) is 4.43. The van der Waals surface area contributed by atoms with E-state index in [1.54, 1.807) is 42.5 Å². The first-order valence-corrected chi connectivity index (χ1v) is 12.0. The smallest absolute Gasteiger partial charge is 0.338 e. The van der Waals surface area contributed by atoms with Crippen LogP contribution in [0.3, 0.4) is 0 Å². The minimum Gasteiger partial charge on any atom is -0.465 e. The molecular weight excluding hydrogens is 456 g/mol. The van der Waals surface area contributed by atoms with E-state index in [4.69, 9.17) is 26.0 Å². The fourth-order valence-electron chi connectivity index (χ4n) is 4.93. The van der Waals surface area contributed by atoms with Crippen molar-refractivity contribution in [1.82, 2.24) is 5.32 Å². The van der Waals surface area contributed by atoms with E-state index in [2.05, 4.69) is 5.32 Å². The predicted molar refractivity (Wildman–Crippen MR) is 137 cm³/mol. The summed E-state index contributed by atoms with van der Waals surface area (Å²) in [6, 6.07) is 16.1. The van der Waals surface area contributed by atoms with Crippen LogP contribution in [0.15, 0.2) is 59.0 Å². The number of rotatable bonds is 4. The minimum absolute atomic E-state index is 0.0677. The number of nitrogens with one attached hydrogen (secondary N) is 1. The van der Waals surface area contributed by atoms with E-state index in [-0.39, 0.29) is 23.6 Å². The summed E-state index contributed by atoms with van der Waals surface area (Å²) in [7, 11) is 1.32. The van der Waals surface area contributed by atoms with Gasteiger partial charge in [0.1, 0.15) is 11.3 Å². The van der Waals surface area contributed by atoms with Crippen molar-refractivity contribution in [1.29, 1.82) is 0 Å². The summed E-state index contributed by atoms with van der Waals surface area (Å²) in [5.41, 5.74) is 15.9. The van der Waals surface area contributed by atoms with Crippen molar-refractivity contribution in [2.45, 2.75) is 37.8 Å². The Morgan fingerprint density at radius 3 is 2.50 bits per heavy atom. The maximum Gasteiger partial charge on any atom is 0.338 e. The third-order valence-corrected chi connectivity index (χ3v) is 6.83. The van der Waals surface area contributed by atoms with Gasteiger partial charge in [0.05, 0.1) is 18.7 Å². The van der Waals surface area contributed by atoms with Crippen molar-refractivity contribution < 1.29 is 24.2 Å². The predicted octanol–water partition coefficient (Wildman–Crippen LogP) is 2.23. The van der Waals surface area contributed by atoms with Gasteiger partial charge in [-0.3, -0.25) is 10.2 Å². The molecule has 36 heavy (non-hydrogen) atoms.